The van der Waals surface area contributed by atoms with Gasteiger partial charge in [0.15, 0.2) is 5.78 Å². The van der Waals surface area contributed by atoms with Crippen molar-refractivity contribution in [3.8, 4) is 17.2 Å². The van der Waals surface area contributed by atoms with Gasteiger partial charge in [-0.05, 0) is 36.2 Å². The molecule has 0 unspecified atom stereocenters. The molecule has 2 aromatic carbocycles. The maximum absolute atomic E-state index is 12.2. The van der Waals surface area contributed by atoms with E-state index in [0.717, 1.165) is 11.6 Å². The van der Waals surface area contributed by atoms with E-state index in [2.05, 4.69) is 4.52 Å². The molecule has 0 bridgehead atoms. The molecule has 7 nitrogen and oxygen atoms in total. The molecule has 0 atom stereocenters. The van der Waals surface area contributed by atoms with Gasteiger partial charge >= 0.3 is 7.82 Å². The Hall–Kier alpha value is -2.34. The second-order valence-electron chi connectivity index (χ2n) is 4.85. The van der Waals surface area contributed by atoms with Crippen molar-refractivity contribution < 1.29 is 33.9 Å². The number of carbonyl (C=O) groups excluding carboxylic acids is 1. The maximum Gasteiger partial charge on any atom is 0.524 e. The lowest BCUT2D eigenvalue weighted by Gasteiger charge is -2.11. The minimum absolute atomic E-state index is 0.0232. The third-order valence-electron chi connectivity index (χ3n) is 3.06. The number of aromatic hydroxyl groups is 2. The fraction of sp³-hybridized carbons (Fsp3) is 0.133. The second-order valence-corrected chi connectivity index (χ2v) is 6.02. The number of Topliss-reactive ketones (excluding diaryl/α,β-unsaturated/α-hetero) is 1. The minimum atomic E-state index is -4.85. The van der Waals surface area contributed by atoms with Gasteiger partial charge in [0.25, 0.3) is 0 Å². The summed E-state index contributed by atoms with van der Waals surface area (Å²) in [6.07, 6.45) is 0.461. The Morgan fingerprint density at radius 3 is 2.22 bits per heavy atom. The highest BCUT2D eigenvalue weighted by Gasteiger charge is 2.21. The van der Waals surface area contributed by atoms with Crippen molar-refractivity contribution in [3.05, 3.63) is 53.6 Å². The Morgan fingerprint density at radius 2 is 1.61 bits per heavy atom. The van der Waals surface area contributed by atoms with Crippen LogP contribution in [0.5, 0.6) is 17.2 Å². The molecule has 0 heterocycles. The van der Waals surface area contributed by atoms with Crippen LogP contribution in [-0.4, -0.2) is 25.8 Å². The number of benzene rings is 2. The molecular weight excluding hydrogens is 323 g/mol. The first-order valence-corrected chi connectivity index (χ1v) is 8.17. The molecular formula is C15H15O7P. The zero-order valence-corrected chi connectivity index (χ0v) is 12.8. The molecule has 0 amide bonds. The summed E-state index contributed by atoms with van der Waals surface area (Å²) in [7, 11) is -4.85. The van der Waals surface area contributed by atoms with Crippen LogP contribution in [0.25, 0.3) is 0 Å². The summed E-state index contributed by atoms with van der Waals surface area (Å²) in [5.41, 5.74) is 0.803. The van der Waals surface area contributed by atoms with Crippen LogP contribution in [0.2, 0.25) is 0 Å². The molecule has 0 aromatic heterocycles. The third kappa shape index (κ3) is 5.10. The van der Waals surface area contributed by atoms with E-state index < -0.39 is 7.82 Å². The molecule has 4 N–H and O–H groups in total. The lowest BCUT2D eigenvalue weighted by molar-refractivity contribution is 0.0981. The Morgan fingerprint density at radius 1 is 1.00 bits per heavy atom. The van der Waals surface area contributed by atoms with Gasteiger partial charge in [-0.1, -0.05) is 12.1 Å². The first-order valence-electron chi connectivity index (χ1n) is 6.64. The minimum Gasteiger partial charge on any atom is -0.508 e. The van der Waals surface area contributed by atoms with Crippen LogP contribution in [0.1, 0.15) is 22.3 Å². The van der Waals surface area contributed by atoms with Gasteiger partial charge in [0.2, 0.25) is 0 Å². The van der Waals surface area contributed by atoms with Gasteiger partial charge < -0.3 is 14.7 Å². The topological polar surface area (TPSA) is 124 Å². The van der Waals surface area contributed by atoms with Crippen molar-refractivity contribution in [2.24, 2.45) is 0 Å². The number of rotatable bonds is 6. The fourth-order valence-electron chi connectivity index (χ4n) is 2.00. The van der Waals surface area contributed by atoms with Gasteiger partial charge in [-0.25, -0.2) is 4.57 Å². The van der Waals surface area contributed by atoms with Crippen molar-refractivity contribution in [3.63, 3.8) is 0 Å². The molecule has 2 rings (SSSR count). The standard InChI is InChI=1S/C15H15O7P/c16-11-4-1-10(2-5-11)3-8-14(18)13-7-6-12(17)9-15(13)22-23(19,20)21/h1-2,4-7,9,16-17H,3,8H2,(H2,19,20,21). The van der Waals surface area contributed by atoms with Gasteiger partial charge in [0.05, 0.1) is 5.56 Å². The monoisotopic (exact) mass is 338 g/mol. The van der Waals surface area contributed by atoms with Gasteiger partial charge in [-0.3, -0.25) is 14.6 Å². The number of phenolic OH excluding ortho intramolecular Hbond substituents is 2. The number of phosphoric acid groups is 1. The quantitative estimate of drug-likeness (QED) is 0.471. The van der Waals surface area contributed by atoms with Crippen LogP contribution in [0.15, 0.2) is 42.5 Å². The maximum atomic E-state index is 12.2. The number of carbonyl (C=O) groups is 1. The van der Waals surface area contributed by atoms with Gasteiger partial charge in [0.1, 0.15) is 17.2 Å². The lowest BCUT2D eigenvalue weighted by Crippen LogP contribution is -2.04. The van der Waals surface area contributed by atoms with E-state index in [0.29, 0.717) is 6.42 Å². The van der Waals surface area contributed by atoms with Gasteiger partial charge in [0, 0.05) is 12.5 Å². The molecule has 122 valence electrons. The lowest BCUT2D eigenvalue weighted by atomic mass is 10.0. The highest BCUT2D eigenvalue weighted by molar-refractivity contribution is 7.46. The van der Waals surface area contributed by atoms with Crippen LogP contribution in [0.4, 0.5) is 0 Å². The predicted molar refractivity (Wildman–Crippen MR) is 81.5 cm³/mol. The van der Waals surface area contributed by atoms with Crippen LogP contribution < -0.4 is 4.52 Å². The average molecular weight is 338 g/mol. The van der Waals surface area contributed by atoms with E-state index in [-0.39, 0.29) is 35.0 Å². The molecule has 0 fully saturated rings. The fourth-order valence-corrected chi connectivity index (χ4v) is 2.41. The summed E-state index contributed by atoms with van der Waals surface area (Å²) in [6, 6.07) is 9.82. The van der Waals surface area contributed by atoms with E-state index in [4.69, 9.17) is 9.79 Å². The Kier molecular flexibility index (Phi) is 5.05. The Bertz CT molecular complexity index is 749. The third-order valence-corrected chi connectivity index (χ3v) is 3.49. The molecule has 0 aliphatic heterocycles. The van der Waals surface area contributed by atoms with Crippen molar-refractivity contribution in [2.45, 2.75) is 12.8 Å². The number of ketones is 1. The average Bonchev–Trinajstić information content (AvgIpc) is 2.45. The summed E-state index contributed by atoms with van der Waals surface area (Å²) in [6.45, 7) is 0. The number of hydrogen-bond acceptors (Lipinski definition) is 5. The summed E-state index contributed by atoms with van der Waals surface area (Å²) in [4.78, 5) is 30.0. The normalized spacial score (nSPS) is 11.2. The zero-order valence-electron chi connectivity index (χ0n) is 11.9. The van der Waals surface area contributed by atoms with Crippen molar-refractivity contribution in [1.29, 1.82) is 0 Å². The molecule has 0 saturated carbocycles. The molecule has 0 spiro atoms. The molecule has 0 aliphatic rings. The van der Waals surface area contributed by atoms with Gasteiger partial charge in [-0.15, -0.1) is 0 Å². The van der Waals surface area contributed by atoms with E-state index >= 15 is 0 Å². The van der Waals surface area contributed by atoms with E-state index in [9.17, 15) is 19.6 Å². The summed E-state index contributed by atoms with van der Waals surface area (Å²) < 4.78 is 15.4. The van der Waals surface area contributed by atoms with E-state index in [1.54, 1.807) is 12.1 Å². The van der Waals surface area contributed by atoms with Gasteiger partial charge in [-0.2, -0.15) is 0 Å². The second kappa shape index (κ2) is 6.83. The Labute approximate surface area is 132 Å². The van der Waals surface area contributed by atoms with Crippen molar-refractivity contribution in [1.82, 2.24) is 0 Å². The predicted octanol–water partition coefficient (Wildman–Crippen LogP) is 2.38. The molecule has 0 radical (unpaired) electrons. The smallest absolute Gasteiger partial charge is 0.508 e. The molecule has 2 aromatic rings. The number of hydrogen-bond donors (Lipinski definition) is 4. The van der Waals surface area contributed by atoms with Crippen molar-refractivity contribution in [2.75, 3.05) is 0 Å². The van der Waals surface area contributed by atoms with Crippen LogP contribution >= 0.6 is 7.82 Å². The highest BCUT2D eigenvalue weighted by Crippen LogP contribution is 2.40. The number of phenols is 2. The molecule has 0 aliphatic carbocycles. The molecule has 8 heteroatoms. The first kappa shape index (κ1) is 17.0. The zero-order chi connectivity index (χ0) is 17.0. The molecule has 23 heavy (non-hydrogen) atoms. The highest BCUT2D eigenvalue weighted by atomic mass is 31.2. The van der Waals surface area contributed by atoms with E-state index in [1.807, 2.05) is 0 Å². The largest absolute Gasteiger partial charge is 0.524 e. The van der Waals surface area contributed by atoms with Crippen molar-refractivity contribution >= 4 is 13.6 Å². The van der Waals surface area contributed by atoms with Crippen LogP contribution in [0, 0.1) is 0 Å². The number of phosphoric ester groups is 1. The van der Waals surface area contributed by atoms with Crippen LogP contribution in [0.3, 0.4) is 0 Å². The number of aryl methyl sites for hydroxylation is 1. The summed E-state index contributed by atoms with van der Waals surface area (Å²) in [5, 5.41) is 18.6. The SMILES string of the molecule is O=C(CCc1ccc(O)cc1)c1ccc(O)cc1OP(=O)(O)O. The first-order chi connectivity index (χ1) is 10.7. The van der Waals surface area contributed by atoms with E-state index in [1.165, 1.54) is 24.3 Å². The Balaban J connectivity index is 2.15. The van der Waals surface area contributed by atoms with Crippen LogP contribution in [-0.2, 0) is 11.0 Å². The summed E-state index contributed by atoms with van der Waals surface area (Å²) in [5.74, 6) is -0.907. The molecule has 0 saturated heterocycles. The summed E-state index contributed by atoms with van der Waals surface area (Å²) >= 11 is 0.